The van der Waals surface area contributed by atoms with Gasteiger partial charge in [0.05, 0.1) is 7.11 Å². The Balaban J connectivity index is 2.03. The van der Waals surface area contributed by atoms with Crippen molar-refractivity contribution in [1.29, 1.82) is 0 Å². The van der Waals surface area contributed by atoms with E-state index in [2.05, 4.69) is 10.6 Å². The molecule has 1 aliphatic heterocycles. The zero-order chi connectivity index (χ0) is 14.5. The molecule has 2 rings (SSSR count). The summed E-state index contributed by atoms with van der Waals surface area (Å²) < 4.78 is 18.3. The van der Waals surface area contributed by atoms with Crippen LogP contribution in [0.15, 0.2) is 18.2 Å². The molecule has 1 heterocycles. The van der Waals surface area contributed by atoms with E-state index < -0.39 is 11.9 Å². The number of ether oxygens (including phenoxy) is 1. The number of nitrogens with one attached hydrogen (secondary N) is 2. The largest absolute Gasteiger partial charge is 0.494 e. The first kappa shape index (κ1) is 14.3. The summed E-state index contributed by atoms with van der Waals surface area (Å²) in [7, 11) is 1.37. The molecule has 0 radical (unpaired) electrons. The summed E-state index contributed by atoms with van der Waals surface area (Å²) in [4.78, 5) is 23.5. The average Bonchev–Trinajstić information content (AvgIpc) is 2.64. The summed E-state index contributed by atoms with van der Waals surface area (Å²) >= 11 is 0. The number of hydrogen-bond donors (Lipinski definition) is 2. The second kappa shape index (κ2) is 6.36. The van der Waals surface area contributed by atoms with Crippen LogP contribution in [0.1, 0.15) is 25.7 Å². The Morgan fingerprint density at radius 1 is 1.45 bits per heavy atom. The highest BCUT2D eigenvalue weighted by Gasteiger charge is 2.23. The van der Waals surface area contributed by atoms with E-state index >= 15 is 0 Å². The van der Waals surface area contributed by atoms with Crippen molar-refractivity contribution >= 4 is 17.5 Å². The zero-order valence-electron chi connectivity index (χ0n) is 11.2. The second-order valence-corrected chi connectivity index (χ2v) is 4.70. The van der Waals surface area contributed by atoms with Crippen LogP contribution in [0, 0.1) is 5.82 Å². The molecule has 1 fully saturated rings. The molecule has 0 bridgehead atoms. The van der Waals surface area contributed by atoms with Gasteiger partial charge in [-0.1, -0.05) is 6.42 Å². The number of rotatable bonds is 3. The molecular formula is C14H17FN2O3. The minimum Gasteiger partial charge on any atom is -0.494 e. The number of hydrogen-bond acceptors (Lipinski definition) is 3. The SMILES string of the molecule is COc1ccc(NC(=O)C2CCCCC(=O)N2)cc1F. The lowest BCUT2D eigenvalue weighted by Crippen LogP contribution is -2.42. The van der Waals surface area contributed by atoms with Crippen molar-refractivity contribution in [2.45, 2.75) is 31.7 Å². The van der Waals surface area contributed by atoms with E-state index in [0.29, 0.717) is 18.5 Å². The van der Waals surface area contributed by atoms with Gasteiger partial charge < -0.3 is 15.4 Å². The molecule has 6 heteroatoms. The van der Waals surface area contributed by atoms with E-state index in [1.54, 1.807) is 6.07 Å². The molecule has 0 aromatic heterocycles. The van der Waals surface area contributed by atoms with Gasteiger partial charge in [0.1, 0.15) is 6.04 Å². The van der Waals surface area contributed by atoms with Gasteiger partial charge in [0.25, 0.3) is 0 Å². The van der Waals surface area contributed by atoms with Gasteiger partial charge in [-0.25, -0.2) is 4.39 Å². The van der Waals surface area contributed by atoms with E-state index in [-0.39, 0.29) is 17.6 Å². The summed E-state index contributed by atoms with van der Waals surface area (Å²) in [6.45, 7) is 0. The number of carbonyl (C=O) groups excluding carboxylic acids is 2. The molecule has 2 amide bonds. The minimum atomic E-state index is -0.560. The smallest absolute Gasteiger partial charge is 0.246 e. The van der Waals surface area contributed by atoms with Crippen molar-refractivity contribution in [3.8, 4) is 5.75 Å². The lowest BCUT2D eigenvalue weighted by Gasteiger charge is -2.16. The fraction of sp³-hybridized carbons (Fsp3) is 0.429. The Kier molecular flexibility index (Phi) is 4.55. The number of methoxy groups -OCH3 is 1. The third-order valence-electron chi connectivity index (χ3n) is 3.22. The molecule has 0 aliphatic carbocycles. The lowest BCUT2D eigenvalue weighted by atomic mass is 10.1. The molecule has 1 aromatic rings. The van der Waals surface area contributed by atoms with Crippen LogP contribution in [0.5, 0.6) is 5.75 Å². The number of carbonyl (C=O) groups is 2. The molecule has 1 aromatic carbocycles. The van der Waals surface area contributed by atoms with Crippen LogP contribution < -0.4 is 15.4 Å². The average molecular weight is 280 g/mol. The van der Waals surface area contributed by atoms with E-state index in [4.69, 9.17) is 4.74 Å². The first-order valence-corrected chi connectivity index (χ1v) is 6.54. The highest BCUT2D eigenvalue weighted by molar-refractivity contribution is 5.97. The molecule has 1 saturated heterocycles. The lowest BCUT2D eigenvalue weighted by molar-refractivity contribution is -0.125. The van der Waals surface area contributed by atoms with Crippen LogP contribution in [0.2, 0.25) is 0 Å². The first-order chi connectivity index (χ1) is 9.60. The van der Waals surface area contributed by atoms with Crippen molar-refractivity contribution in [2.75, 3.05) is 12.4 Å². The van der Waals surface area contributed by atoms with Crippen molar-refractivity contribution in [2.24, 2.45) is 0 Å². The van der Waals surface area contributed by atoms with Crippen LogP contribution in [0.3, 0.4) is 0 Å². The Labute approximate surface area is 116 Å². The van der Waals surface area contributed by atoms with E-state index in [1.165, 1.54) is 19.2 Å². The molecule has 1 unspecified atom stereocenters. The van der Waals surface area contributed by atoms with Gasteiger partial charge in [0.15, 0.2) is 11.6 Å². The van der Waals surface area contributed by atoms with Crippen molar-refractivity contribution < 1.29 is 18.7 Å². The molecular weight excluding hydrogens is 263 g/mol. The van der Waals surface area contributed by atoms with Gasteiger partial charge in [0, 0.05) is 18.2 Å². The van der Waals surface area contributed by atoms with Gasteiger partial charge in [-0.05, 0) is 25.0 Å². The van der Waals surface area contributed by atoms with Crippen LogP contribution in [0.25, 0.3) is 0 Å². The monoisotopic (exact) mass is 280 g/mol. The zero-order valence-corrected chi connectivity index (χ0v) is 11.2. The summed E-state index contributed by atoms with van der Waals surface area (Å²) in [6, 6.07) is 3.62. The Hall–Kier alpha value is -2.11. The number of anilines is 1. The number of halogens is 1. The quantitative estimate of drug-likeness (QED) is 0.887. The van der Waals surface area contributed by atoms with Gasteiger partial charge in [0.2, 0.25) is 11.8 Å². The van der Waals surface area contributed by atoms with Crippen LogP contribution in [-0.2, 0) is 9.59 Å². The molecule has 20 heavy (non-hydrogen) atoms. The summed E-state index contributed by atoms with van der Waals surface area (Å²) in [5.74, 6) is -0.880. The fourth-order valence-electron chi connectivity index (χ4n) is 2.14. The van der Waals surface area contributed by atoms with E-state index in [9.17, 15) is 14.0 Å². The summed E-state index contributed by atoms with van der Waals surface area (Å²) in [6.07, 6.45) is 2.64. The summed E-state index contributed by atoms with van der Waals surface area (Å²) in [5.41, 5.74) is 0.340. The maximum atomic E-state index is 13.5. The van der Waals surface area contributed by atoms with Gasteiger partial charge in [-0.2, -0.15) is 0 Å². The van der Waals surface area contributed by atoms with Crippen molar-refractivity contribution in [1.82, 2.24) is 5.32 Å². The topological polar surface area (TPSA) is 67.4 Å². The predicted octanol–water partition coefficient (Wildman–Crippen LogP) is 1.83. The molecule has 5 nitrogen and oxygen atoms in total. The molecule has 2 N–H and O–H groups in total. The normalized spacial score (nSPS) is 18.9. The molecule has 1 aliphatic rings. The van der Waals surface area contributed by atoms with Crippen molar-refractivity contribution in [3.05, 3.63) is 24.0 Å². The molecule has 0 saturated carbocycles. The molecule has 108 valence electrons. The third-order valence-corrected chi connectivity index (χ3v) is 3.22. The fourth-order valence-corrected chi connectivity index (χ4v) is 2.14. The number of benzene rings is 1. The van der Waals surface area contributed by atoms with Gasteiger partial charge >= 0.3 is 0 Å². The van der Waals surface area contributed by atoms with Crippen LogP contribution >= 0.6 is 0 Å². The highest BCUT2D eigenvalue weighted by Crippen LogP contribution is 2.21. The Bertz CT molecular complexity index is 519. The number of amides is 2. The molecule has 0 spiro atoms. The Morgan fingerprint density at radius 2 is 2.25 bits per heavy atom. The van der Waals surface area contributed by atoms with E-state index in [0.717, 1.165) is 12.8 Å². The van der Waals surface area contributed by atoms with Crippen LogP contribution in [0.4, 0.5) is 10.1 Å². The van der Waals surface area contributed by atoms with Gasteiger partial charge in [-0.15, -0.1) is 0 Å². The minimum absolute atomic E-state index is 0.116. The molecule has 1 atom stereocenters. The third kappa shape index (κ3) is 3.46. The predicted molar refractivity (Wildman–Crippen MR) is 72.0 cm³/mol. The highest BCUT2D eigenvalue weighted by atomic mass is 19.1. The first-order valence-electron chi connectivity index (χ1n) is 6.54. The second-order valence-electron chi connectivity index (χ2n) is 4.70. The van der Waals surface area contributed by atoms with E-state index in [1.807, 2.05) is 0 Å². The van der Waals surface area contributed by atoms with Crippen molar-refractivity contribution in [3.63, 3.8) is 0 Å². The summed E-state index contributed by atoms with van der Waals surface area (Å²) in [5, 5.41) is 5.27. The van der Waals surface area contributed by atoms with Gasteiger partial charge in [-0.3, -0.25) is 9.59 Å². The maximum Gasteiger partial charge on any atom is 0.246 e. The van der Waals surface area contributed by atoms with Crippen LogP contribution in [-0.4, -0.2) is 25.0 Å². The maximum absolute atomic E-state index is 13.5. The Morgan fingerprint density at radius 3 is 2.95 bits per heavy atom. The standard InChI is InChI=1S/C14H17FN2O3/c1-20-12-7-6-9(8-10(12)15)16-14(19)11-4-2-3-5-13(18)17-11/h6-8,11H,2-5H2,1H3,(H,16,19)(H,17,18).